The van der Waals surface area contributed by atoms with Gasteiger partial charge in [0.15, 0.2) is 0 Å². The number of furan rings is 1. The second-order valence-corrected chi connectivity index (χ2v) is 3.19. The van der Waals surface area contributed by atoms with Crippen LogP contribution in [0.2, 0.25) is 0 Å². The third-order valence-electron chi connectivity index (χ3n) is 1.96. The van der Waals surface area contributed by atoms with Crippen LogP contribution in [0.1, 0.15) is 11.5 Å². The van der Waals surface area contributed by atoms with E-state index in [4.69, 9.17) is 10.2 Å². The molecule has 0 spiro atoms. The molecule has 2 rings (SSSR count). The van der Waals surface area contributed by atoms with E-state index in [1.54, 1.807) is 13.0 Å². The van der Waals surface area contributed by atoms with Crippen molar-refractivity contribution in [3.63, 3.8) is 0 Å². The number of nitrogens with zero attached hydrogens (tertiary/aromatic N) is 2. The van der Waals surface area contributed by atoms with Crippen molar-refractivity contribution in [2.45, 2.75) is 13.8 Å². The number of anilines is 1. The van der Waals surface area contributed by atoms with Gasteiger partial charge in [-0.3, -0.25) is 4.98 Å². The van der Waals surface area contributed by atoms with Crippen molar-refractivity contribution in [3.05, 3.63) is 28.1 Å². The molecule has 2 aromatic heterocycles. The highest BCUT2D eigenvalue weighted by molar-refractivity contribution is 5.58. The fraction of sp³-hybridized carbons (Fsp3) is 0.222. The maximum absolute atomic E-state index is 11.1. The van der Waals surface area contributed by atoms with E-state index in [9.17, 15) is 4.79 Å². The molecule has 0 fully saturated rings. The molecule has 6 heteroatoms. The van der Waals surface area contributed by atoms with Gasteiger partial charge in [-0.1, -0.05) is 0 Å². The molecule has 0 radical (unpaired) electrons. The fourth-order valence-corrected chi connectivity index (χ4v) is 1.39. The first kappa shape index (κ1) is 9.45. The van der Waals surface area contributed by atoms with E-state index in [0.717, 1.165) is 11.3 Å². The fourth-order valence-electron chi connectivity index (χ4n) is 1.39. The van der Waals surface area contributed by atoms with Crippen LogP contribution in [0.25, 0.3) is 11.4 Å². The topological polar surface area (TPSA) is 97.8 Å². The third-order valence-corrected chi connectivity index (χ3v) is 1.96. The minimum atomic E-state index is -0.518. The van der Waals surface area contributed by atoms with E-state index < -0.39 is 5.69 Å². The molecule has 6 nitrogen and oxygen atoms in total. The molecule has 2 aromatic rings. The van der Waals surface area contributed by atoms with Crippen molar-refractivity contribution < 1.29 is 4.42 Å². The molecule has 0 unspecified atom stereocenters. The van der Waals surface area contributed by atoms with Gasteiger partial charge in [0.05, 0.1) is 5.56 Å². The highest BCUT2D eigenvalue weighted by Gasteiger charge is 2.10. The lowest BCUT2D eigenvalue weighted by Gasteiger charge is -1.97. The number of nitrogens with two attached hydrogens (primary N) is 1. The summed E-state index contributed by atoms with van der Waals surface area (Å²) in [5.74, 6) is 1.76. The molecule has 2 heterocycles. The second kappa shape index (κ2) is 3.23. The van der Waals surface area contributed by atoms with Crippen molar-refractivity contribution in [1.29, 1.82) is 0 Å². The van der Waals surface area contributed by atoms with Crippen molar-refractivity contribution in [2.75, 3.05) is 5.73 Å². The van der Waals surface area contributed by atoms with Crippen LogP contribution < -0.4 is 11.4 Å². The van der Waals surface area contributed by atoms with E-state index in [2.05, 4.69) is 15.0 Å². The molecule has 0 aromatic carbocycles. The zero-order valence-electron chi connectivity index (χ0n) is 8.37. The van der Waals surface area contributed by atoms with Gasteiger partial charge >= 0.3 is 5.69 Å². The number of aromatic amines is 1. The zero-order chi connectivity index (χ0) is 11.0. The minimum Gasteiger partial charge on any atom is -0.466 e. The summed E-state index contributed by atoms with van der Waals surface area (Å²) in [7, 11) is 0. The molecule has 3 N–H and O–H groups in total. The summed E-state index contributed by atoms with van der Waals surface area (Å²) in [4.78, 5) is 20.9. The lowest BCUT2D eigenvalue weighted by Crippen LogP contribution is -2.15. The molecule has 15 heavy (non-hydrogen) atoms. The van der Waals surface area contributed by atoms with E-state index in [1.165, 1.54) is 0 Å². The van der Waals surface area contributed by atoms with E-state index in [0.29, 0.717) is 11.6 Å². The van der Waals surface area contributed by atoms with Crippen molar-refractivity contribution in [1.82, 2.24) is 15.0 Å². The van der Waals surface area contributed by atoms with Crippen molar-refractivity contribution in [2.24, 2.45) is 0 Å². The molecular weight excluding hydrogens is 196 g/mol. The normalized spacial score (nSPS) is 10.5. The molecule has 0 saturated heterocycles. The van der Waals surface area contributed by atoms with Gasteiger partial charge in [-0.25, -0.2) is 4.79 Å². The highest BCUT2D eigenvalue weighted by Crippen LogP contribution is 2.22. The van der Waals surface area contributed by atoms with Gasteiger partial charge in [0.2, 0.25) is 5.95 Å². The van der Waals surface area contributed by atoms with Gasteiger partial charge in [-0.2, -0.15) is 9.97 Å². The first-order valence-corrected chi connectivity index (χ1v) is 4.37. The largest absolute Gasteiger partial charge is 0.466 e. The van der Waals surface area contributed by atoms with E-state index in [1.807, 2.05) is 6.92 Å². The third kappa shape index (κ3) is 1.74. The number of hydrogen-bond donors (Lipinski definition) is 2. The Bertz CT molecular complexity index is 555. The van der Waals surface area contributed by atoms with Crippen LogP contribution in [0.15, 0.2) is 15.3 Å². The monoisotopic (exact) mass is 206 g/mol. The quantitative estimate of drug-likeness (QED) is 0.712. The lowest BCUT2D eigenvalue weighted by molar-refractivity contribution is 0.505. The van der Waals surface area contributed by atoms with Crippen LogP contribution >= 0.6 is 0 Å². The smallest absolute Gasteiger partial charge is 0.349 e. The summed E-state index contributed by atoms with van der Waals surface area (Å²) in [6, 6.07) is 1.78. The summed E-state index contributed by atoms with van der Waals surface area (Å²) >= 11 is 0. The molecule has 0 aliphatic rings. The van der Waals surface area contributed by atoms with Gasteiger partial charge < -0.3 is 10.2 Å². The second-order valence-electron chi connectivity index (χ2n) is 3.19. The Labute approximate surface area is 85.2 Å². The first-order valence-electron chi connectivity index (χ1n) is 4.37. The van der Waals surface area contributed by atoms with Crippen LogP contribution in [0.3, 0.4) is 0 Å². The molecule has 0 bridgehead atoms. The van der Waals surface area contributed by atoms with Gasteiger partial charge in [0, 0.05) is 0 Å². The number of aromatic nitrogens is 3. The predicted molar refractivity (Wildman–Crippen MR) is 54.2 cm³/mol. The average molecular weight is 206 g/mol. The number of nitrogen functional groups attached to an aromatic ring is 1. The van der Waals surface area contributed by atoms with E-state index >= 15 is 0 Å². The van der Waals surface area contributed by atoms with Crippen molar-refractivity contribution in [3.8, 4) is 11.4 Å². The summed E-state index contributed by atoms with van der Waals surface area (Å²) in [6.07, 6.45) is 0. The van der Waals surface area contributed by atoms with Crippen LogP contribution in [0.5, 0.6) is 0 Å². The Balaban J connectivity index is 2.63. The lowest BCUT2D eigenvalue weighted by atomic mass is 10.2. The number of rotatable bonds is 1. The SMILES string of the molecule is Cc1cc(-c2nc(N)nc(=O)[nH]2)c(C)o1. The molecule has 0 saturated carbocycles. The minimum absolute atomic E-state index is 0.0491. The number of aryl methyl sites for hydroxylation is 2. The Hall–Kier alpha value is -2.11. The Morgan fingerprint density at radius 2 is 2.13 bits per heavy atom. The predicted octanol–water partition coefficient (Wildman–Crippen LogP) is 0.624. The Kier molecular flexibility index (Phi) is 2.03. The zero-order valence-corrected chi connectivity index (χ0v) is 8.37. The standard InChI is InChI=1S/C9H10N4O2/c1-4-3-6(5(2)15-4)7-11-8(10)13-9(14)12-7/h3H,1-2H3,(H3,10,11,12,13,14). The molecular formula is C9H10N4O2. The summed E-state index contributed by atoms with van der Waals surface area (Å²) < 4.78 is 5.33. The first-order chi connectivity index (χ1) is 7.06. The summed E-state index contributed by atoms with van der Waals surface area (Å²) in [6.45, 7) is 3.61. The molecule has 0 amide bonds. The molecule has 0 atom stereocenters. The van der Waals surface area contributed by atoms with Crippen LogP contribution in [-0.2, 0) is 0 Å². The number of H-pyrrole nitrogens is 1. The van der Waals surface area contributed by atoms with Gasteiger partial charge in [-0.15, -0.1) is 0 Å². The average Bonchev–Trinajstić information content (AvgIpc) is 2.43. The molecule has 0 aliphatic heterocycles. The van der Waals surface area contributed by atoms with Crippen LogP contribution in [-0.4, -0.2) is 15.0 Å². The van der Waals surface area contributed by atoms with Gasteiger partial charge in [0.25, 0.3) is 0 Å². The summed E-state index contributed by atoms with van der Waals surface area (Å²) in [5.41, 5.74) is 5.58. The molecule has 0 aliphatic carbocycles. The van der Waals surface area contributed by atoms with E-state index in [-0.39, 0.29) is 5.95 Å². The Morgan fingerprint density at radius 3 is 2.67 bits per heavy atom. The van der Waals surface area contributed by atoms with Crippen molar-refractivity contribution >= 4 is 5.95 Å². The molecule has 78 valence electrons. The summed E-state index contributed by atoms with van der Waals surface area (Å²) in [5, 5.41) is 0. The maximum Gasteiger partial charge on any atom is 0.349 e. The van der Waals surface area contributed by atoms with Crippen LogP contribution in [0, 0.1) is 13.8 Å². The van der Waals surface area contributed by atoms with Crippen LogP contribution in [0.4, 0.5) is 5.95 Å². The number of nitrogens with one attached hydrogen (secondary N) is 1. The van der Waals surface area contributed by atoms with Gasteiger partial charge in [0.1, 0.15) is 17.3 Å². The highest BCUT2D eigenvalue weighted by atomic mass is 16.3. The van der Waals surface area contributed by atoms with Gasteiger partial charge in [-0.05, 0) is 19.9 Å². The maximum atomic E-state index is 11.1. The number of hydrogen-bond acceptors (Lipinski definition) is 5. The Morgan fingerprint density at radius 1 is 1.40 bits per heavy atom.